The van der Waals surface area contributed by atoms with Crippen LogP contribution in [-0.2, 0) is 13.5 Å². The van der Waals surface area contributed by atoms with E-state index in [0.717, 1.165) is 61.7 Å². The number of hydrogen-bond donors (Lipinski definition) is 0. The summed E-state index contributed by atoms with van der Waals surface area (Å²) < 4.78 is 8.81. The first-order valence-corrected chi connectivity index (χ1v) is 13.1. The van der Waals surface area contributed by atoms with Crippen LogP contribution in [0.2, 0.25) is 0 Å². The molecular weight excluding hydrogens is 464 g/mol. The first-order chi connectivity index (χ1) is 18.2. The predicted octanol–water partition coefficient (Wildman–Crippen LogP) is 8.67. The van der Waals surface area contributed by atoms with Gasteiger partial charge in [-0.15, -0.1) is 0 Å². The number of nitriles is 1. The summed E-state index contributed by atoms with van der Waals surface area (Å²) in [6.07, 6.45) is 3.14. The highest BCUT2D eigenvalue weighted by molar-refractivity contribution is 6.11. The number of aromatic nitrogens is 1. The summed E-state index contributed by atoms with van der Waals surface area (Å²) in [4.78, 5) is 0. The summed E-state index contributed by atoms with van der Waals surface area (Å²) in [7, 11) is 2.09. The fourth-order valence-electron chi connectivity index (χ4n) is 5.57. The van der Waals surface area contributed by atoms with Crippen LogP contribution in [0.25, 0.3) is 55.1 Å². The minimum Gasteiger partial charge on any atom is -0.455 e. The molecule has 0 unspecified atom stereocenters. The lowest BCUT2D eigenvalue weighted by molar-refractivity contribution is -0.660. The molecule has 0 saturated carbocycles. The molecule has 0 radical (unpaired) electrons. The van der Waals surface area contributed by atoms with Crippen LogP contribution < -0.4 is 4.57 Å². The normalized spacial score (nSPS) is 11.9. The maximum absolute atomic E-state index is 10.1. The molecule has 6 aromatic rings. The summed E-state index contributed by atoms with van der Waals surface area (Å²) in [5, 5.41) is 14.4. The van der Waals surface area contributed by atoms with Crippen molar-refractivity contribution in [3.05, 3.63) is 102 Å². The molecular formula is C35H31N2O+. The summed E-state index contributed by atoms with van der Waals surface area (Å²) >= 11 is 0. The van der Waals surface area contributed by atoms with Crippen molar-refractivity contribution < 1.29 is 8.98 Å². The topological polar surface area (TPSA) is 40.8 Å². The second-order valence-electron chi connectivity index (χ2n) is 11.6. The van der Waals surface area contributed by atoms with Crippen LogP contribution in [0.3, 0.4) is 0 Å². The van der Waals surface area contributed by atoms with E-state index in [-0.39, 0.29) is 5.41 Å². The molecule has 0 saturated heterocycles. The molecule has 0 fully saturated rings. The Morgan fingerprint density at radius 1 is 0.868 bits per heavy atom. The number of furan rings is 1. The molecule has 6 rings (SSSR count). The van der Waals surface area contributed by atoms with E-state index in [9.17, 15) is 5.26 Å². The van der Waals surface area contributed by atoms with E-state index in [1.807, 2.05) is 24.3 Å². The molecule has 0 N–H and O–H groups in total. The van der Waals surface area contributed by atoms with Gasteiger partial charge >= 0.3 is 0 Å². The number of rotatable bonds is 3. The molecule has 0 aliphatic rings. The third-order valence-corrected chi connectivity index (χ3v) is 7.37. The van der Waals surface area contributed by atoms with Crippen molar-refractivity contribution >= 4 is 32.7 Å². The van der Waals surface area contributed by atoms with Crippen LogP contribution >= 0.6 is 0 Å². The molecule has 0 spiro atoms. The monoisotopic (exact) mass is 495 g/mol. The maximum Gasteiger partial charge on any atom is 0.216 e. The number of pyridine rings is 1. The molecule has 3 nitrogen and oxygen atoms in total. The number of aryl methyl sites for hydroxylation is 2. The Hall–Kier alpha value is -4.42. The first kappa shape index (κ1) is 23.9. The van der Waals surface area contributed by atoms with Gasteiger partial charge in [-0.05, 0) is 64.4 Å². The average molecular weight is 496 g/mol. The molecule has 2 heterocycles. The van der Waals surface area contributed by atoms with Gasteiger partial charge in [-0.2, -0.15) is 5.26 Å². The first-order valence-electron chi connectivity index (χ1n) is 13.1. The minimum absolute atomic E-state index is 0.199. The molecule has 186 valence electrons. The van der Waals surface area contributed by atoms with E-state index in [1.54, 1.807) is 0 Å². The lowest BCUT2D eigenvalue weighted by Gasteiger charge is -2.18. The van der Waals surface area contributed by atoms with Crippen molar-refractivity contribution in [1.29, 1.82) is 5.26 Å². The average Bonchev–Trinajstić information content (AvgIpc) is 3.25. The highest BCUT2D eigenvalue weighted by atomic mass is 16.3. The molecule has 38 heavy (non-hydrogen) atoms. The van der Waals surface area contributed by atoms with E-state index in [4.69, 9.17) is 4.42 Å². The summed E-state index contributed by atoms with van der Waals surface area (Å²) in [6, 6.07) is 29.9. The third-order valence-electron chi connectivity index (χ3n) is 7.37. The van der Waals surface area contributed by atoms with Gasteiger partial charge in [0.15, 0.2) is 6.20 Å². The zero-order chi connectivity index (χ0) is 26.6. The number of benzene rings is 4. The minimum atomic E-state index is 0.199. The van der Waals surface area contributed by atoms with Gasteiger partial charge < -0.3 is 4.42 Å². The van der Waals surface area contributed by atoms with Crippen molar-refractivity contribution in [2.75, 3.05) is 0 Å². The number of hydrogen-bond acceptors (Lipinski definition) is 2. The van der Waals surface area contributed by atoms with Gasteiger partial charge in [0.05, 0.1) is 17.2 Å². The zero-order valence-electron chi connectivity index (χ0n) is 22.6. The van der Waals surface area contributed by atoms with Crippen molar-refractivity contribution in [3.63, 3.8) is 0 Å². The molecule has 0 bridgehead atoms. The van der Waals surface area contributed by atoms with Crippen LogP contribution in [0, 0.1) is 23.7 Å². The van der Waals surface area contributed by atoms with Crippen LogP contribution in [0.5, 0.6) is 0 Å². The van der Waals surface area contributed by atoms with Crippen LogP contribution in [0.4, 0.5) is 0 Å². The molecule has 0 aliphatic carbocycles. The van der Waals surface area contributed by atoms with E-state index in [0.29, 0.717) is 5.56 Å². The van der Waals surface area contributed by atoms with E-state index < -0.39 is 0 Å². The van der Waals surface area contributed by atoms with Crippen LogP contribution in [0.15, 0.2) is 89.5 Å². The molecule has 0 atom stereocenters. The fourth-order valence-corrected chi connectivity index (χ4v) is 5.57. The summed E-state index contributed by atoms with van der Waals surface area (Å²) in [5.41, 5.74) is 9.11. The second-order valence-corrected chi connectivity index (χ2v) is 11.6. The third kappa shape index (κ3) is 4.13. The number of fused-ring (bicyclic) bond motifs is 4. The molecule has 0 amide bonds. The Bertz CT molecular complexity index is 1910. The Kier molecular flexibility index (Phi) is 5.58. The highest BCUT2D eigenvalue weighted by Crippen LogP contribution is 2.40. The van der Waals surface area contributed by atoms with Gasteiger partial charge in [-0.1, -0.05) is 69.3 Å². The largest absolute Gasteiger partial charge is 0.455 e. The molecule has 2 aromatic heterocycles. The molecule has 3 heteroatoms. The maximum atomic E-state index is 10.1. The van der Waals surface area contributed by atoms with Gasteiger partial charge in [0.25, 0.3) is 0 Å². The zero-order valence-corrected chi connectivity index (χ0v) is 22.6. The van der Waals surface area contributed by atoms with Gasteiger partial charge in [0, 0.05) is 28.5 Å². The Balaban J connectivity index is 1.58. The van der Waals surface area contributed by atoms with Crippen molar-refractivity contribution in [2.45, 2.75) is 34.1 Å². The fraction of sp³-hybridized carbons (Fsp3) is 0.200. The standard InChI is InChI=1S/C35H31N2O/c1-22-10-13-28-30-18-27(21-36)29(26-12-11-24-8-6-7-9-25(24)17-26)19-32(30)38-34(28)33(22)31-16-23(14-15-37(31)5)20-35(2,3)4/h6-19H,20H2,1-5H3/q+1. The lowest BCUT2D eigenvalue weighted by atomic mass is 9.87. The Morgan fingerprint density at radius 3 is 2.42 bits per heavy atom. The van der Waals surface area contributed by atoms with Gasteiger partial charge in [-0.3, -0.25) is 0 Å². The smallest absolute Gasteiger partial charge is 0.216 e. The predicted molar refractivity (Wildman–Crippen MR) is 156 cm³/mol. The number of nitrogens with zero attached hydrogens (tertiary/aromatic N) is 2. The van der Waals surface area contributed by atoms with Crippen LogP contribution in [-0.4, -0.2) is 0 Å². The Morgan fingerprint density at radius 2 is 1.66 bits per heavy atom. The summed E-state index contributed by atoms with van der Waals surface area (Å²) in [5.74, 6) is 0. The van der Waals surface area contributed by atoms with Crippen molar-refractivity contribution in [2.24, 2.45) is 12.5 Å². The second kappa shape index (κ2) is 8.85. The van der Waals surface area contributed by atoms with Crippen molar-refractivity contribution in [3.8, 4) is 28.5 Å². The highest BCUT2D eigenvalue weighted by Gasteiger charge is 2.23. The van der Waals surface area contributed by atoms with E-state index in [2.05, 4.69) is 106 Å². The van der Waals surface area contributed by atoms with Gasteiger partial charge in [0.1, 0.15) is 18.2 Å². The SMILES string of the molecule is Cc1ccc2c(oc3cc(-c4ccc5ccccc5c4)c(C#N)cc32)c1-c1cc(CC(C)(C)C)cc[n+]1C. The quantitative estimate of drug-likeness (QED) is 0.230. The van der Waals surface area contributed by atoms with E-state index in [1.165, 1.54) is 10.9 Å². The van der Waals surface area contributed by atoms with Crippen molar-refractivity contribution in [1.82, 2.24) is 0 Å². The Labute approximate surface area is 223 Å². The summed E-state index contributed by atoms with van der Waals surface area (Å²) in [6.45, 7) is 8.94. The molecule has 0 aliphatic heterocycles. The van der Waals surface area contributed by atoms with E-state index >= 15 is 0 Å². The molecule has 4 aromatic carbocycles. The van der Waals surface area contributed by atoms with Crippen LogP contribution in [0.1, 0.15) is 37.5 Å². The lowest BCUT2D eigenvalue weighted by Crippen LogP contribution is -2.31. The van der Waals surface area contributed by atoms with Gasteiger partial charge in [-0.25, -0.2) is 4.57 Å². The van der Waals surface area contributed by atoms with Gasteiger partial charge in [0.2, 0.25) is 5.69 Å².